The molecule has 25 heavy (non-hydrogen) atoms. The molecule has 0 radical (unpaired) electrons. The minimum Gasteiger partial charge on any atom is -0.376 e. The standard InChI is InChI=1S/C19H14ClFO3S/c1-13-6-9-15(10-7-13)25(22,23)24-19-11-8-14(12-18(19)21)16-4-2-3-5-17(16)20/h2-12H,1H3. The van der Waals surface area contributed by atoms with Gasteiger partial charge in [0, 0.05) is 10.6 Å². The molecule has 0 bridgehead atoms. The van der Waals surface area contributed by atoms with Gasteiger partial charge in [-0.1, -0.05) is 53.6 Å². The van der Waals surface area contributed by atoms with Gasteiger partial charge in [0.2, 0.25) is 0 Å². The molecule has 0 atom stereocenters. The van der Waals surface area contributed by atoms with Gasteiger partial charge in [-0.3, -0.25) is 0 Å². The SMILES string of the molecule is Cc1ccc(S(=O)(=O)Oc2ccc(-c3ccccc3Cl)cc2F)cc1. The molecule has 0 aromatic heterocycles. The zero-order chi connectivity index (χ0) is 18.0. The van der Waals surface area contributed by atoms with Crippen molar-refractivity contribution in [2.24, 2.45) is 0 Å². The molecule has 6 heteroatoms. The molecule has 0 heterocycles. The molecule has 0 aliphatic carbocycles. The third-order valence-electron chi connectivity index (χ3n) is 3.63. The van der Waals surface area contributed by atoms with E-state index in [2.05, 4.69) is 0 Å². The molecule has 0 aliphatic heterocycles. The largest absolute Gasteiger partial charge is 0.376 e. The van der Waals surface area contributed by atoms with E-state index >= 15 is 0 Å². The van der Waals surface area contributed by atoms with Crippen LogP contribution in [0.15, 0.2) is 71.6 Å². The van der Waals surface area contributed by atoms with E-state index in [9.17, 15) is 12.8 Å². The van der Waals surface area contributed by atoms with Crippen LogP contribution in [0.1, 0.15) is 5.56 Å². The molecule has 0 unspecified atom stereocenters. The van der Waals surface area contributed by atoms with Gasteiger partial charge < -0.3 is 4.18 Å². The Balaban J connectivity index is 1.91. The Kier molecular flexibility index (Phi) is 4.79. The first-order valence-corrected chi connectivity index (χ1v) is 9.21. The van der Waals surface area contributed by atoms with Crippen LogP contribution in [0.5, 0.6) is 5.75 Å². The average molecular weight is 377 g/mol. The second-order valence-corrected chi connectivity index (χ2v) is 7.43. The molecule has 0 fully saturated rings. The van der Waals surface area contributed by atoms with Crippen LogP contribution in [0.3, 0.4) is 0 Å². The highest BCUT2D eigenvalue weighted by Gasteiger charge is 2.19. The zero-order valence-corrected chi connectivity index (χ0v) is 14.8. The summed E-state index contributed by atoms with van der Waals surface area (Å²) in [6, 6.07) is 17.2. The molecular weight excluding hydrogens is 363 g/mol. The number of benzene rings is 3. The highest BCUT2D eigenvalue weighted by Crippen LogP contribution is 2.31. The predicted octanol–water partition coefficient (Wildman–Crippen LogP) is 5.22. The van der Waals surface area contributed by atoms with Gasteiger partial charge >= 0.3 is 10.1 Å². The topological polar surface area (TPSA) is 43.4 Å². The van der Waals surface area contributed by atoms with Crippen LogP contribution in [0, 0.1) is 12.7 Å². The smallest absolute Gasteiger partial charge is 0.339 e. The third-order valence-corrected chi connectivity index (χ3v) is 5.20. The van der Waals surface area contributed by atoms with Crippen molar-refractivity contribution in [1.29, 1.82) is 0 Å². The molecule has 0 saturated carbocycles. The van der Waals surface area contributed by atoms with E-state index in [1.165, 1.54) is 24.3 Å². The Morgan fingerprint density at radius 1 is 0.960 bits per heavy atom. The van der Waals surface area contributed by atoms with Crippen molar-refractivity contribution in [3.8, 4) is 16.9 Å². The maximum absolute atomic E-state index is 14.3. The first-order valence-electron chi connectivity index (χ1n) is 7.42. The molecule has 3 aromatic carbocycles. The van der Waals surface area contributed by atoms with E-state index in [0.29, 0.717) is 16.1 Å². The van der Waals surface area contributed by atoms with E-state index in [-0.39, 0.29) is 10.6 Å². The molecule has 3 nitrogen and oxygen atoms in total. The van der Waals surface area contributed by atoms with Crippen LogP contribution in [0.2, 0.25) is 5.02 Å². The number of halogens is 2. The highest BCUT2D eigenvalue weighted by molar-refractivity contribution is 7.87. The first kappa shape index (κ1) is 17.5. The van der Waals surface area contributed by atoms with Crippen LogP contribution >= 0.6 is 11.6 Å². The number of hydrogen-bond acceptors (Lipinski definition) is 3. The lowest BCUT2D eigenvalue weighted by Crippen LogP contribution is -2.10. The van der Waals surface area contributed by atoms with Crippen molar-refractivity contribution in [1.82, 2.24) is 0 Å². The van der Waals surface area contributed by atoms with Crippen molar-refractivity contribution in [3.63, 3.8) is 0 Å². The fourth-order valence-electron chi connectivity index (χ4n) is 2.30. The van der Waals surface area contributed by atoms with Gasteiger partial charge in [-0.15, -0.1) is 0 Å². The van der Waals surface area contributed by atoms with Crippen LogP contribution in [0.4, 0.5) is 4.39 Å². The van der Waals surface area contributed by atoms with Gasteiger partial charge in [0.25, 0.3) is 0 Å². The normalized spacial score (nSPS) is 11.3. The van der Waals surface area contributed by atoms with Crippen LogP contribution in [-0.4, -0.2) is 8.42 Å². The molecule has 0 aliphatic rings. The summed E-state index contributed by atoms with van der Waals surface area (Å²) in [5.41, 5.74) is 2.09. The summed E-state index contributed by atoms with van der Waals surface area (Å²) in [6.07, 6.45) is 0. The summed E-state index contributed by atoms with van der Waals surface area (Å²) < 4.78 is 43.8. The second kappa shape index (κ2) is 6.86. The molecule has 0 saturated heterocycles. The summed E-state index contributed by atoms with van der Waals surface area (Å²) >= 11 is 6.10. The van der Waals surface area contributed by atoms with Gasteiger partial charge in [0.1, 0.15) is 4.90 Å². The molecule has 0 spiro atoms. The number of rotatable bonds is 4. The van der Waals surface area contributed by atoms with Gasteiger partial charge in [0.05, 0.1) is 0 Å². The first-order chi connectivity index (χ1) is 11.9. The minimum atomic E-state index is -4.10. The average Bonchev–Trinajstić information content (AvgIpc) is 2.57. The van der Waals surface area contributed by atoms with Gasteiger partial charge in [-0.2, -0.15) is 8.42 Å². The molecule has 3 aromatic rings. The second-order valence-electron chi connectivity index (χ2n) is 5.48. The van der Waals surface area contributed by atoms with Crippen molar-refractivity contribution in [2.45, 2.75) is 11.8 Å². The molecule has 0 amide bonds. The van der Waals surface area contributed by atoms with E-state index < -0.39 is 15.9 Å². The van der Waals surface area contributed by atoms with Crippen LogP contribution < -0.4 is 4.18 Å². The van der Waals surface area contributed by atoms with Crippen molar-refractivity contribution < 1.29 is 17.0 Å². The minimum absolute atomic E-state index is 0.0346. The maximum Gasteiger partial charge on any atom is 0.339 e. The lowest BCUT2D eigenvalue weighted by molar-refractivity contribution is 0.461. The number of hydrogen-bond donors (Lipinski definition) is 0. The van der Waals surface area contributed by atoms with Gasteiger partial charge in [-0.05, 0) is 42.8 Å². The predicted molar refractivity (Wildman–Crippen MR) is 95.8 cm³/mol. The summed E-state index contributed by atoms with van der Waals surface area (Å²) in [6.45, 7) is 1.84. The number of aryl methyl sites for hydroxylation is 1. The van der Waals surface area contributed by atoms with Crippen molar-refractivity contribution in [2.75, 3.05) is 0 Å². The van der Waals surface area contributed by atoms with E-state index in [4.69, 9.17) is 15.8 Å². The summed E-state index contributed by atoms with van der Waals surface area (Å²) in [5.74, 6) is -1.15. The monoisotopic (exact) mass is 376 g/mol. The van der Waals surface area contributed by atoms with E-state index in [1.54, 1.807) is 42.5 Å². The molecular formula is C19H14ClFO3S. The zero-order valence-electron chi connectivity index (χ0n) is 13.2. The summed E-state index contributed by atoms with van der Waals surface area (Å²) in [4.78, 5) is -0.0346. The fraction of sp³-hybridized carbons (Fsp3) is 0.0526. The Morgan fingerprint density at radius 2 is 1.64 bits per heavy atom. The van der Waals surface area contributed by atoms with E-state index in [1.807, 2.05) is 6.92 Å². The fourth-order valence-corrected chi connectivity index (χ4v) is 3.48. The van der Waals surface area contributed by atoms with Crippen molar-refractivity contribution >= 4 is 21.7 Å². The maximum atomic E-state index is 14.3. The molecule has 128 valence electrons. The highest BCUT2D eigenvalue weighted by atomic mass is 35.5. The Morgan fingerprint density at radius 3 is 2.28 bits per heavy atom. The van der Waals surface area contributed by atoms with Gasteiger partial charge in [0.15, 0.2) is 11.6 Å². The Labute approximate surface area is 150 Å². The lowest BCUT2D eigenvalue weighted by atomic mass is 10.1. The lowest BCUT2D eigenvalue weighted by Gasteiger charge is -2.10. The van der Waals surface area contributed by atoms with Crippen LogP contribution in [-0.2, 0) is 10.1 Å². The molecule has 0 N–H and O–H groups in total. The summed E-state index contributed by atoms with van der Waals surface area (Å²) in [5, 5.41) is 0.475. The Hall–Kier alpha value is -2.37. The van der Waals surface area contributed by atoms with Crippen LogP contribution in [0.25, 0.3) is 11.1 Å². The van der Waals surface area contributed by atoms with E-state index in [0.717, 1.165) is 5.56 Å². The quantitative estimate of drug-likeness (QED) is 0.586. The summed E-state index contributed by atoms with van der Waals surface area (Å²) in [7, 11) is -4.10. The van der Waals surface area contributed by atoms with Gasteiger partial charge in [-0.25, -0.2) is 4.39 Å². The third kappa shape index (κ3) is 3.83. The Bertz CT molecular complexity index is 1020. The molecule has 3 rings (SSSR count). The van der Waals surface area contributed by atoms with Crippen molar-refractivity contribution in [3.05, 3.63) is 83.1 Å².